The predicted molar refractivity (Wildman–Crippen MR) is 231 cm³/mol. The van der Waals surface area contributed by atoms with Crippen molar-refractivity contribution in [3.8, 4) is 22.3 Å². The summed E-state index contributed by atoms with van der Waals surface area (Å²) in [5, 5.41) is 4.45. The van der Waals surface area contributed by atoms with Crippen LogP contribution in [0.1, 0.15) is 48.6 Å². The van der Waals surface area contributed by atoms with Gasteiger partial charge in [0.15, 0.2) is 0 Å². The Labute approximate surface area is 325 Å². The monoisotopic (exact) mass is 719 g/mol. The predicted octanol–water partition coefficient (Wildman–Crippen LogP) is 14.6. The van der Waals surface area contributed by atoms with Gasteiger partial charge in [-0.25, -0.2) is 0 Å². The molecule has 3 heteroatoms. The number of nitrogens with zero attached hydrogens (tertiary/aromatic N) is 1. The van der Waals surface area contributed by atoms with Crippen molar-refractivity contribution in [3.05, 3.63) is 198 Å². The Hall–Kier alpha value is -6.84. The van der Waals surface area contributed by atoms with Crippen LogP contribution < -0.4 is 4.90 Å². The van der Waals surface area contributed by atoms with Gasteiger partial charge in [-0.2, -0.15) is 0 Å². The van der Waals surface area contributed by atoms with Gasteiger partial charge in [-0.15, -0.1) is 0 Å². The number of benzene rings is 8. The molecule has 266 valence electrons. The summed E-state index contributed by atoms with van der Waals surface area (Å²) in [6, 6.07) is 61.7. The lowest BCUT2D eigenvalue weighted by Crippen LogP contribution is -2.22. The van der Waals surface area contributed by atoms with Crippen molar-refractivity contribution in [1.29, 1.82) is 0 Å². The third kappa shape index (κ3) is 4.17. The Kier molecular flexibility index (Phi) is 6.25. The van der Waals surface area contributed by atoms with Gasteiger partial charge in [-0.1, -0.05) is 123 Å². The molecule has 12 rings (SSSR count). The normalized spacial score (nSPS) is 14.6. The van der Waals surface area contributed by atoms with Gasteiger partial charge in [0.25, 0.3) is 0 Å². The Morgan fingerprint density at radius 3 is 1.46 bits per heavy atom. The van der Waals surface area contributed by atoms with Crippen LogP contribution in [0, 0.1) is 0 Å². The highest BCUT2D eigenvalue weighted by Gasteiger charge is 2.41. The van der Waals surface area contributed by atoms with E-state index in [0.717, 1.165) is 60.9 Å². The zero-order valence-electron chi connectivity index (χ0n) is 31.4. The van der Waals surface area contributed by atoms with Gasteiger partial charge >= 0.3 is 0 Å². The SMILES string of the molecule is CC1(C)c2ccccc2-c2ccc(N(c3ccc4c(c3)oc3ccccc34)c3ccc4c(c3)oc3cc(C5(C)c6ccccc6-c6ccccc65)ccc34)cc21. The second-order valence-electron chi connectivity index (χ2n) is 16.2. The van der Waals surface area contributed by atoms with Gasteiger partial charge in [0.05, 0.1) is 0 Å². The quantitative estimate of drug-likeness (QED) is 0.181. The molecule has 0 saturated heterocycles. The molecule has 0 saturated carbocycles. The summed E-state index contributed by atoms with van der Waals surface area (Å²) in [5.41, 5.74) is 18.0. The van der Waals surface area contributed by atoms with Gasteiger partial charge in [0.2, 0.25) is 0 Å². The summed E-state index contributed by atoms with van der Waals surface area (Å²) >= 11 is 0. The first-order chi connectivity index (χ1) is 27.4. The fourth-order valence-electron chi connectivity index (χ4n) is 10.1. The van der Waals surface area contributed by atoms with Crippen LogP contribution in [-0.4, -0.2) is 0 Å². The third-order valence-corrected chi connectivity index (χ3v) is 13.0. The highest BCUT2D eigenvalue weighted by atomic mass is 16.3. The molecule has 0 N–H and O–H groups in total. The maximum Gasteiger partial charge on any atom is 0.137 e. The van der Waals surface area contributed by atoms with Crippen molar-refractivity contribution in [1.82, 2.24) is 0 Å². The van der Waals surface area contributed by atoms with Crippen molar-refractivity contribution in [2.24, 2.45) is 0 Å². The minimum Gasteiger partial charge on any atom is -0.456 e. The molecule has 2 aliphatic carbocycles. The third-order valence-electron chi connectivity index (χ3n) is 13.0. The van der Waals surface area contributed by atoms with Crippen LogP contribution in [0.5, 0.6) is 0 Å². The molecular formula is C53H37NO2. The van der Waals surface area contributed by atoms with Gasteiger partial charge < -0.3 is 13.7 Å². The van der Waals surface area contributed by atoms with E-state index in [9.17, 15) is 0 Å². The molecule has 0 atom stereocenters. The van der Waals surface area contributed by atoms with Gasteiger partial charge in [-0.3, -0.25) is 0 Å². The van der Waals surface area contributed by atoms with Crippen LogP contribution in [-0.2, 0) is 10.8 Å². The molecule has 10 aromatic rings. The van der Waals surface area contributed by atoms with Gasteiger partial charge in [0.1, 0.15) is 22.3 Å². The number of hydrogen-bond acceptors (Lipinski definition) is 3. The molecule has 0 spiro atoms. The van der Waals surface area contributed by atoms with Crippen molar-refractivity contribution in [2.75, 3.05) is 4.90 Å². The van der Waals surface area contributed by atoms with E-state index >= 15 is 0 Å². The fraction of sp³-hybridized carbons (Fsp3) is 0.0943. The Bertz CT molecular complexity index is 3220. The first kappa shape index (κ1) is 31.5. The molecule has 0 unspecified atom stereocenters. The van der Waals surface area contributed by atoms with E-state index in [2.05, 4.69) is 183 Å². The van der Waals surface area contributed by atoms with Crippen molar-refractivity contribution < 1.29 is 8.83 Å². The Balaban J connectivity index is 1.03. The van der Waals surface area contributed by atoms with E-state index in [0.29, 0.717) is 0 Å². The first-order valence-corrected chi connectivity index (χ1v) is 19.5. The lowest BCUT2D eigenvalue weighted by Gasteiger charge is -2.28. The number of furan rings is 2. The van der Waals surface area contributed by atoms with E-state index in [-0.39, 0.29) is 10.8 Å². The minimum absolute atomic E-state index is 0.131. The molecule has 2 heterocycles. The van der Waals surface area contributed by atoms with Crippen LogP contribution in [0.15, 0.2) is 179 Å². The van der Waals surface area contributed by atoms with E-state index in [4.69, 9.17) is 8.83 Å². The number of anilines is 3. The number of fused-ring (bicyclic) bond motifs is 12. The van der Waals surface area contributed by atoms with Crippen LogP contribution in [0.4, 0.5) is 17.1 Å². The Morgan fingerprint density at radius 1 is 0.357 bits per heavy atom. The molecule has 0 radical (unpaired) electrons. The molecule has 2 aromatic heterocycles. The summed E-state index contributed by atoms with van der Waals surface area (Å²) in [6.45, 7) is 7.03. The maximum absolute atomic E-state index is 6.85. The molecule has 0 aliphatic heterocycles. The van der Waals surface area contributed by atoms with E-state index in [1.165, 1.54) is 50.1 Å². The molecule has 0 amide bonds. The van der Waals surface area contributed by atoms with Crippen molar-refractivity contribution in [3.63, 3.8) is 0 Å². The van der Waals surface area contributed by atoms with Gasteiger partial charge in [-0.05, 0) is 106 Å². The molecule has 2 aliphatic rings. The van der Waals surface area contributed by atoms with Crippen LogP contribution in [0.3, 0.4) is 0 Å². The van der Waals surface area contributed by atoms with Crippen LogP contribution in [0.2, 0.25) is 0 Å². The second-order valence-corrected chi connectivity index (χ2v) is 16.2. The van der Waals surface area contributed by atoms with Gasteiger partial charge in [0, 0.05) is 61.6 Å². The standard InChI is InChI=1S/C53H37NO2/c1-52(2)44-16-8-4-12-36(44)39-25-21-33(29-47(39)52)54(34-22-26-42-40-15-7-11-19-48(40)55-50(42)30-34)35-23-27-43-41-24-20-32(28-49(41)56-51(43)31-35)53(3)45-17-9-5-13-37(45)38-14-6-10-18-46(38)53/h4-31H,1-3H3. The summed E-state index contributed by atoms with van der Waals surface area (Å²) in [7, 11) is 0. The number of para-hydroxylation sites is 1. The zero-order valence-corrected chi connectivity index (χ0v) is 31.4. The highest BCUT2D eigenvalue weighted by Crippen LogP contribution is 2.54. The summed E-state index contributed by atoms with van der Waals surface area (Å²) < 4.78 is 13.3. The molecule has 56 heavy (non-hydrogen) atoms. The first-order valence-electron chi connectivity index (χ1n) is 19.5. The van der Waals surface area contributed by atoms with Crippen LogP contribution in [0.25, 0.3) is 66.1 Å². The minimum atomic E-state index is -0.293. The van der Waals surface area contributed by atoms with Crippen molar-refractivity contribution in [2.45, 2.75) is 31.6 Å². The zero-order chi connectivity index (χ0) is 37.3. The highest BCUT2D eigenvalue weighted by molar-refractivity contribution is 6.08. The summed E-state index contributed by atoms with van der Waals surface area (Å²) in [6.07, 6.45) is 0. The second kappa shape index (κ2) is 11.1. The molecule has 3 nitrogen and oxygen atoms in total. The summed E-state index contributed by atoms with van der Waals surface area (Å²) in [4.78, 5) is 2.34. The lowest BCUT2D eigenvalue weighted by molar-refractivity contribution is 0.660. The number of hydrogen-bond donors (Lipinski definition) is 0. The largest absolute Gasteiger partial charge is 0.456 e. The van der Waals surface area contributed by atoms with Crippen LogP contribution >= 0.6 is 0 Å². The summed E-state index contributed by atoms with van der Waals surface area (Å²) in [5.74, 6) is 0. The topological polar surface area (TPSA) is 29.5 Å². The molecule has 0 fully saturated rings. The van der Waals surface area contributed by atoms with E-state index in [1.54, 1.807) is 0 Å². The fourth-order valence-corrected chi connectivity index (χ4v) is 10.1. The molecular weight excluding hydrogens is 683 g/mol. The maximum atomic E-state index is 6.85. The van der Waals surface area contributed by atoms with Crippen molar-refractivity contribution >= 4 is 60.9 Å². The number of rotatable bonds is 4. The van der Waals surface area contributed by atoms with E-state index in [1.807, 2.05) is 12.1 Å². The average Bonchev–Trinajstić information content (AvgIpc) is 3.93. The average molecular weight is 720 g/mol. The lowest BCUT2D eigenvalue weighted by atomic mass is 9.74. The molecule has 0 bridgehead atoms. The smallest absolute Gasteiger partial charge is 0.137 e. The Morgan fingerprint density at radius 2 is 0.804 bits per heavy atom. The van der Waals surface area contributed by atoms with E-state index < -0.39 is 0 Å². The molecule has 8 aromatic carbocycles.